The quantitative estimate of drug-likeness (QED) is 0.872. The van der Waals surface area contributed by atoms with Crippen LogP contribution in [0.1, 0.15) is 38.5 Å². The Morgan fingerprint density at radius 3 is 2.57 bits per heavy atom. The molecule has 5 heteroatoms. The largest absolute Gasteiger partial charge is 0.491 e. The molecule has 23 heavy (non-hydrogen) atoms. The van der Waals surface area contributed by atoms with Crippen LogP contribution in [0, 0.1) is 5.92 Å². The van der Waals surface area contributed by atoms with Crippen LogP contribution in [0.25, 0.3) is 0 Å². The van der Waals surface area contributed by atoms with E-state index in [0.29, 0.717) is 12.5 Å². The van der Waals surface area contributed by atoms with Crippen LogP contribution in [0.2, 0.25) is 0 Å². The van der Waals surface area contributed by atoms with Gasteiger partial charge in [-0.1, -0.05) is 50.3 Å². The average molecular weight is 317 g/mol. The molecule has 2 fully saturated rings. The van der Waals surface area contributed by atoms with Gasteiger partial charge in [-0.15, -0.1) is 0 Å². The Labute approximate surface area is 138 Å². The van der Waals surface area contributed by atoms with Gasteiger partial charge in [-0.25, -0.2) is 0 Å². The van der Waals surface area contributed by atoms with Crippen LogP contribution >= 0.6 is 0 Å². The molecule has 1 saturated heterocycles. The minimum atomic E-state index is -0.702. The normalized spacial score (nSPS) is 29.0. The second kappa shape index (κ2) is 6.89. The third kappa shape index (κ3) is 3.51. The van der Waals surface area contributed by atoms with Crippen molar-refractivity contribution in [1.29, 1.82) is 0 Å². The topological polar surface area (TPSA) is 67.6 Å². The molecule has 2 unspecified atom stereocenters. The number of benzene rings is 1. The molecule has 1 aromatic rings. The molecule has 1 aliphatic carbocycles. The predicted octanol–water partition coefficient (Wildman–Crippen LogP) is 2.08. The van der Waals surface area contributed by atoms with Gasteiger partial charge in [0.15, 0.2) is 0 Å². The number of para-hydroxylation sites is 1. The number of nitrogens with zero attached hydrogens (tertiary/aromatic N) is 1. The van der Waals surface area contributed by atoms with Crippen LogP contribution < -0.4 is 15.8 Å². The van der Waals surface area contributed by atoms with E-state index < -0.39 is 11.8 Å². The lowest BCUT2D eigenvalue weighted by Gasteiger charge is -2.33. The summed E-state index contributed by atoms with van der Waals surface area (Å²) in [6, 6.07) is 9.65. The molecule has 1 aromatic carbocycles. The highest BCUT2D eigenvalue weighted by Gasteiger charge is 2.50. The van der Waals surface area contributed by atoms with Crippen molar-refractivity contribution >= 4 is 5.91 Å². The van der Waals surface area contributed by atoms with Crippen molar-refractivity contribution in [2.75, 3.05) is 13.7 Å². The van der Waals surface area contributed by atoms with Crippen molar-refractivity contribution in [1.82, 2.24) is 10.2 Å². The highest BCUT2D eigenvalue weighted by molar-refractivity contribution is 5.88. The van der Waals surface area contributed by atoms with Gasteiger partial charge in [0.1, 0.15) is 24.2 Å². The maximum absolute atomic E-state index is 12.8. The van der Waals surface area contributed by atoms with Crippen molar-refractivity contribution in [3.63, 3.8) is 0 Å². The van der Waals surface area contributed by atoms with Gasteiger partial charge in [0.05, 0.1) is 0 Å². The average Bonchev–Trinajstić information content (AvgIpc) is 2.79. The number of rotatable bonds is 5. The number of nitrogens with one attached hydrogen (secondary N) is 1. The number of nitrogens with two attached hydrogens (primary N) is 1. The molecule has 0 radical (unpaired) electrons. The molecule has 3 N–H and O–H groups in total. The summed E-state index contributed by atoms with van der Waals surface area (Å²) in [5.41, 5.74) is 5.35. The molecule has 1 saturated carbocycles. The predicted molar refractivity (Wildman–Crippen MR) is 89.7 cm³/mol. The van der Waals surface area contributed by atoms with Crippen LogP contribution in [-0.4, -0.2) is 36.3 Å². The fourth-order valence-electron chi connectivity index (χ4n) is 3.82. The lowest BCUT2D eigenvalue weighted by atomic mass is 9.79. The second-order valence-electron chi connectivity index (χ2n) is 6.90. The zero-order chi connectivity index (χ0) is 16.3. The molecule has 0 bridgehead atoms. The Morgan fingerprint density at radius 1 is 1.26 bits per heavy atom. The molecule has 1 aliphatic heterocycles. The minimum absolute atomic E-state index is 0.0477. The number of likely N-dealkylation sites (N-methyl/N-ethyl adjacent to an activating group) is 1. The first-order valence-electron chi connectivity index (χ1n) is 8.59. The smallest absolute Gasteiger partial charge is 0.248 e. The van der Waals surface area contributed by atoms with Gasteiger partial charge in [-0.05, 0) is 24.5 Å². The first kappa shape index (κ1) is 16.3. The summed E-state index contributed by atoms with van der Waals surface area (Å²) in [6.07, 6.45) is 6.58. The molecule has 2 aliphatic rings. The highest BCUT2D eigenvalue weighted by Crippen LogP contribution is 2.34. The van der Waals surface area contributed by atoms with Gasteiger partial charge in [-0.2, -0.15) is 0 Å². The zero-order valence-corrected chi connectivity index (χ0v) is 13.8. The molecular formula is C18H27N3O2. The molecule has 5 nitrogen and oxygen atoms in total. The van der Waals surface area contributed by atoms with Crippen LogP contribution in [0.3, 0.4) is 0 Å². The maximum atomic E-state index is 12.8. The summed E-state index contributed by atoms with van der Waals surface area (Å²) in [6.45, 7) is 0.324. The van der Waals surface area contributed by atoms with Crippen molar-refractivity contribution in [3.8, 4) is 5.75 Å². The van der Waals surface area contributed by atoms with Gasteiger partial charge in [-0.3, -0.25) is 15.8 Å². The summed E-state index contributed by atoms with van der Waals surface area (Å²) in [5.74, 6) is 1.40. The van der Waals surface area contributed by atoms with Gasteiger partial charge >= 0.3 is 0 Å². The first-order chi connectivity index (χ1) is 11.1. The number of carbonyl (C=O) groups is 1. The van der Waals surface area contributed by atoms with Crippen molar-refractivity contribution in [2.24, 2.45) is 11.7 Å². The fraction of sp³-hybridized carbons (Fsp3) is 0.611. The SMILES string of the molecule is CN1C(=O)C(COc2ccccc2)(CC2CCCCC2)NC1N. The molecule has 1 heterocycles. The van der Waals surface area contributed by atoms with Crippen LogP contribution in [0.4, 0.5) is 0 Å². The Hall–Kier alpha value is -1.59. The Kier molecular flexibility index (Phi) is 4.87. The van der Waals surface area contributed by atoms with Gasteiger partial charge in [0.25, 0.3) is 0 Å². The van der Waals surface area contributed by atoms with E-state index in [1.807, 2.05) is 30.3 Å². The summed E-state index contributed by atoms with van der Waals surface area (Å²) < 4.78 is 5.94. The molecule has 2 atom stereocenters. The molecule has 3 rings (SSSR count). The first-order valence-corrected chi connectivity index (χ1v) is 8.59. The molecule has 0 aromatic heterocycles. The fourth-order valence-corrected chi connectivity index (χ4v) is 3.82. The van der Waals surface area contributed by atoms with Crippen molar-refractivity contribution in [2.45, 2.75) is 50.4 Å². The van der Waals surface area contributed by atoms with E-state index in [1.54, 1.807) is 11.9 Å². The standard InChI is InChI=1S/C18H27N3O2/c1-21-16(22)18(20-17(21)19,12-14-8-4-2-5-9-14)13-23-15-10-6-3-7-11-15/h3,6-7,10-11,14,17,20H,2,4-5,8-9,12-13,19H2,1H3. The number of hydrogen-bond acceptors (Lipinski definition) is 4. The Morgan fingerprint density at radius 2 is 1.96 bits per heavy atom. The number of amides is 1. The summed E-state index contributed by atoms with van der Waals surface area (Å²) >= 11 is 0. The summed E-state index contributed by atoms with van der Waals surface area (Å²) in [4.78, 5) is 14.4. The number of ether oxygens (including phenoxy) is 1. The Balaban J connectivity index is 1.74. The second-order valence-corrected chi connectivity index (χ2v) is 6.90. The van der Waals surface area contributed by atoms with E-state index in [4.69, 9.17) is 10.5 Å². The number of carbonyl (C=O) groups excluding carboxylic acids is 1. The molecule has 126 valence electrons. The third-order valence-electron chi connectivity index (χ3n) is 5.16. The van der Waals surface area contributed by atoms with Crippen molar-refractivity contribution in [3.05, 3.63) is 30.3 Å². The third-order valence-corrected chi connectivity index (χ3v) is 5.16. The molecular weight excluding hydrogens is 290 g/mol. The van der Waals surface area contributed by atoms with E-state index in [2.05, 4.69) is 5.32 Å². The zero-order valence-electron chi connectivity index (χ0n) is 13.8. The Bertz CT molecular complexity index is 530. The van der Waals surface area contributed by atoms with Gasteiger partial charge in [0.2, 0.25) is 5.91 Å². The van der Waals surface area contributed by atoms with Gasteiger partial charge < -0.3 is 9.64 Å². The summed E-state index contributed by atoms with van der Waals surface area (Å²) in [5, 5.41) is 3.31. The van der Waals surface area contributed by atoms with E-state index >= 15 is 0 Å². The van der Waals surface area contributed by atoms with E-state index in [0.717, 1.165) is 12.2 Å². The molecule has 0 spiro atoms. The van der Waals surface area contributed by atoms with E-state index in [9.17, 15) is 4.79 Å². The molecule has 1 amide bonds. The van der Waals surface area contributed by atoms with Crippen molar-refractivity contribution < 1.29 is 9.53 Å². The summed E-state index contributed by atoms with van der Waals surface area (Å²) in [7, 11) is 1.76. The van der Waals surface area contributed by atoms with Crippen LogP contribution in [0.5, 0.6) is 5.75 Å². The van der Waals surface area contributed by atoms with Gasteiger partial charge in [0, 0.05) is 7.05 Å². The highest BCUT2D eigenvalue weighted by atomic mass is 16.5. The lowest BCUT2D eigenvalue weighted by Crippen LogP contribution is -2.54. The van der Waals surface area contributed by atoms with Crippen LogP contribution in [-0.2, 0) is 4.79 Å². The maximum Gasteiger partial charge on any atom is 0.248 e. The minimum Gasteiger partial charge on any atom is -0.491 e. The van der Waals surface area contributed by atoms with E-state index in [-0.39, 0.29) is 5.91 Å². The monoisotopic (exact) mass is 317 g/mol. The lowest BCUT2D eigenvalue weighted by molar-refractivity contribution is -0.133. The number of hydrogen-bond donors (Lipinski definition) is 2. The van der Waals surface area contributed by atoms with E-state index in [1.165, 1.54) is 32.1 Å². The van der Waals surface area contributed by atoms with Crippen LogP contribution in [0.15, 0.2) is 30.3 Å².